The molecule has 0 radical (unpaired) electrons. The standard InChI is InChI=1S/C12H10BrN3O/c13-9-7-8(4-5-10(9)14)12(17)16-11-3-1-2-6-15-11/h1-7H,14H2,(H,15,16,17). The second-order valence-corrected chi connectivity index (χ2v) is 4.26. The molecule has 0 aliphatic rings. The number of aromatic nitrogens is 1. The number of nitrogens with one attached hydrogen (secondary N) is 1. The Bertz CT molecular complexity index is 543. The zero-order valence-corrected chi connectivity index (χ0v) is 10.4. The Morgan fingerprint density at radius 1 is 1.29 bits per heavy atom. The van der Waals surface area contributed by atoms with Crippen molar-refractivity contribution in [2.75, 3.05) is 11.1 Å². The number of rotatable bonds is 2. The van der Waals surface area contributed by atoms with Gasteiger partial charge in [0.2, 0.25) is 0 Å². The number of hydrogen-bond donors (Lipinski definition) is 2. The molecule has 0 aliphatic carbocycles. The summed E-state index contributed by atoms with van der Waals surface area (Å²) in [7, 11) is 0. The minimum Gasteiger partial charge on any atom is -0.398 e. The van der Waals surface area contributed by atoms with Gasteiger partial charge < -0.3 is 11.1 Å². The van der Waals surface area contributed by atoms with Crippen LogP contribution in [0.1, 0.15) is 10.4 Å². The summed E-state index contributed by atoms with van der Waals surface area (Å²) in [6.45, 7) is 0. The molecule has 2 rings (SSSR count). The highest BCUT2D eigenvalue weighted by atomic mass is 79.9. The van der Waals surface area contributed by atoms with Crippen LogP contribution in [0, 0.1) is 0 Å². The lowest BCUT2D eigenvalue weighted by atomic mass is 10.2. The maximum atomic E-state index is 11.9. The van der Waals surface area contributed by atoms with Gasteiger partial charge in [0.05, 0.1) is 0 Å². The highest BCUT2D eigenvalue weighted by Crippen LogP contribution is 2.20. The summed E-state index contributed by atoms with van der Waals surface area (Å²) in [5, 5.41) is 2.69. The molecule has 17 heavy (non-hydrogen) atoms. The van der Waals surface area contributed by atoms with Crippen LogP contribution in [0.15, 0.2) is 47.1 Å². The van der Waals surface area contributed by atoms with Gasteiger partial charge in [-0.15, -0.1) is 0 Å². The summed E-state index contributed by atoms with van der Waals surface area (Å²) in [6, 6.07) is 10.3. The van der Waals surface area contributed by atoms with Crippen molar-refractivity contribution in [3.05, 3.63) is 52.6 Å². The van der Waals surface area contributed by atoms with E-state index in [1.807, 2.05) is 6.07 Å². The predicted octanol–water partition coefficient (Wildman–Crippen LogP) is 2.68. The number of nitrogens with zero attached hydrogens (tertiary/aromatic N) is 1. The maximum absolute atomic E-state index is 11.9. The quantitative estimate of drug-likeness (QED) is 0.836. The van der Waals surface area contributed by atoms with E-state index in [2.05, 4.69) is 26.2 Å². The smallest absolute Gasteiger partial charge is 0.256 e. The molecule has 1 aromatic heterocycles. The summed E-state index contributed by atoms with van der Waals surface area (Å²) in [5.41, 5.74) is 6.77. The summed E-state index contributed by atoms with van der Waals surface area (Å²) in [6.07, 6.45) is 1.62. The van der Waals surface area contributed by atoms with E-state index in [1.54, 1.807) is 36.5 Å². The van der Waals surface area contributed by atoms with Crippen molar-refractivity contribution in [2.45, 2.75) is 0 Å². The number of carbonyl (C=O) groups is 1. The van der Waals surface area contributed by atoms with Crippen molar-refractivity contribution >= 4 is 33.3 Å². The fourth-order valence-electron chi connectivity index (χ4n) is 1.29. The molecular weight excluding hydrogens is 282 g/mol. The van der Waals surface area contributed by atoms with E-state index in [1.165, 1.54) is 0 Å². The Labute approximate surface area is 107 Å². The molecule has 1 amide bonds. The van der Waals surface area contributed by atoms with Crippen molar-refractivity contribution in [3.8, 4) is 0 Å². The van der Waals surface area contributed by atoms with Crippen LogP contribution in [-0.2, 0) is 0 Å². The summed E-state index contributed by atoms with van der Waals surface area (Å²) < 4.78 is 0.700. The summed E-state index contributed by atoms with van der Waals surface area (Å²) in [4.78, 5) is 15.9. The van der Waals surface area contributed by atoms with E-state index in [0.29, 0.717) is 21.5 Å². The highest BCUT2D eigenvalue weighted by Gasteiger charge is 2.07. The van der Waals surface area contributed by atoms with Gasteiger partial charge in [-0.2, -0.15) is 0 Å². The first-order valence-corrected chi connectivity index (χ1v) is 5.73. The van der Waals surface area contributed by atoms with Gasteiger partial charge >= 0.3 is 0 Å². The molecule has 3 N–H and O–H groups in total. The normalized spacial score (nSPS) is 9.94. The van der Waals surface area contributed by atoms with E-state index in [9.17, 15) is 4.79 Å². The summed E-state index contributed by atoms with van der Waals surface area (Å²) in [5.74, 6) is 0.301. The van der Waals surface area contributed by atoms with Crippen LogP contribution in [0.5, 0.6) is 0 Å². The van der Waals surface area contributed by atoms with Crippen LogP contribution < -0.4 is 11.1 Å². The van der Waals surface area contributed by atoms with Crippen molar-refractivity contribution in [2.24, 2.45) is 0 Å². The van der Waals surface area contributed by atoms with Crippen molar-refractivity contribution in [1.82, 2.24) is 4.98 Å². The lowest BCUT2D eigenvalue weighted by molar-refractivity contribution is 0.102. The Hall–Kier alpha value is -1.88. The molecule has 0 bridgehead atoms. The third-order valence-electron chi connectivity index (χ3n) is 2.17. The zero-order chi connectivity index (χ0) is 12.3. The molecule has 0 aliphatic heterocycles. The highest BCUT2D eigenvalue weighted by molar-refractivity contribution is 9.10. The van der Waals surface area contributed by atoms with Crippen molar-refractivity contribution in [1.29, 1.82) is 0 Å². The van der Waals surface area contributed by atoms with E-state index in [4.69, 9.17) is 5.73 Å². The summed E-state index contributed by atoms with van der Waals surface area (Å²) >= 11 is 3.28. The Morgan fingerprint density at radius 2 is 2.12 bits per heavy atom. The second-order valence-electron chi connectivity index (χ2n) is 3.41. The van der Waals surface area contributed by atoms with Crippen LogP contribution in [0.25, 0.3) is 0 Å². The first-order chi connectivity index (χ1) is 8.16. The van der Waals surface area contributed by atoms with E-state index in [0.717, 1.165) is 0 Å². The molecule has 0 unspecified atom stereocenters. The molecule has 0 saturated carbocycles. The minimum absolute atomic E-state index is 0.218. The van der Waals surface area contributed by atoms with Gasteiger partial charge in [0.25, 0.3) is 5.91 Å². The van der Waals surface area contributed by atoms with Gasteiger partial charge in [0.1, 0.15) is 5.82 Å². The van der Waals surface area contributed by atoms with Gasteiger partial charge in [0.15, 0.2) is 0 Å². The van der Waals surface area contributed by atoms with Crippen molar-refractivity contribution < 1.29 is 4.79 Å². The van der Waals surface area contributed by atoms with E-state index >= 15 is 0 Å². The number of amides is 1. The van der Waals surface area contributed by atoms with Crippen LogP contribution in [0.4, 0.5) is 11.5 Å². The van der Waals surface area contributed by atoms with E-state index in [-0.39, 0.29) is 5.91 Å². The fraction of sp³-hybridized carbons (Fsp3) is 0. The van der Waals surface area contributed by atoms with Crippen LogP contribution in [0.2, 0.25) is 0 Å². The van der Waals surface area contributed by atoms with Gasteiger partial charge in [-0.25, -0.2) is 4.98 Å². The van der Waals surface area contributed by atoms with E-state index < -0.39 is 0 Å². The molecule has 1 aromatic carbocycles. The van der Waals surface area contributed by atoms with Gasteiger partial charge in [0, 0.05) is 21.9 Å². The van der Waals surface area contributed by atoms with Crippen LogP contribution in [-0.4, -0.2) is 10.9 Å². The molecule has 0 spiro atoms. The Kier molecular flexibility index (Phi) is 3.39. The average Bonchev–Trinajstić information content (AvgIpc) is 2.34. The number of nitrogens with two attached hydrogens (primary N) is 1. The largest absolute Gasteiger partial charge is 0.398 e. The van der Waals surface area contributed by atoms with Crippen LogP contribution in [0.3, 0.4) is 0 Å². The molecule has 0 fully saturated rings. The third-order valence-corrected chi connectivity index (χ3v) is 2.86. The lowest BCUT2D eigenvalue weighted by Crippen LogP contribution is -2.12. The number of nitrogen functional groups attached to an aromatic ring is 1. The number of benzene rings is 1. The molecule has 5 heteroatoms. The van der Waals surface area contributed by atoms with Gasteiger partial charge in [-0.1, -0.05) is 6.07 Å². The minimum atomic E-state index is -0.218. The molecule has 86 valence electrons. The maximum Gasteiger partial charge on any atom is 0.256 e. The number of carbonyl (C=O) groups excluding carboxylic acids is 1. The first-order valence-electron chi connectivity index (χ1n) is 4.94. The SMILES string of the molecule is Nc1ccc(C(=O)Nc2ccccn2)cc1Br. The number of pyridine rings is 1. The molecule has 2 aromatic rings. The molecule has 0 saturated heterocycles. The Morgan fingerprint density at radius 3 is 2.76 bits per heavy atom. The number of halogens is 1. The molecule has 4 nitrogen and oxygen atoms in total. The van der Waals surface area contributed by atoms with Gasteiger partial charge in [-0.3, -0.25) is 4.79 Å². The fourth-order valence-corrected chi connectivity index (χ4v) is 1.67. The molecule has 0 atom stereocenters. The lowest BCUT2D eigenvalue weighted by Gasteiger charge is -2.05. The number of hydrogen-bond acceptors (Lipinski definition) is 3. The molecular formula is C12H10BrN3O. The third kappa shape index (κ3) is 2.82. The topological polar surface area (TPSA) is 68.0 Å². The second kappa shape index (κ2) is 4.97. The van der Waals surface area contributed by atoms with Crippen LogP contribution >= 0.6 is 15.9 Å². The monoisotopic (exact) mass is 291 g/mol. The average molecular weight is 292 g/mol. The Balaban J connectivity index is 2.18. The predicted molar refractivity (Wildman–Crippen MR) is 70.7 cm³/mol. The first kappa shape index (κ1) is 11.6. The van der Waals surface area contributed by atoms with Crippen molar-refractivity contribution in [3.63, 3.8) is 0 Å². The molecule has 1 heterocycles. The number of anilines is 2. The zero-order valence-electron chi connectivity index (χ0n) is 8.85. The van der Waals surface area contributed by atoms with Gasteiger partial charge in [-0.05, 0) is 46.3 Å².